The van der Waals surface area contributed by atoms with Crippen molar-refractivity contribution >= 4 is 17.6 Å². The Balaban J connectivity index is 1.75. The summed E-state index contributed by atoms with van der Waals surface area (Å²) in [5, 5.41) is 3.47. The predicted octanol–water partition coefficient (Wildman–Crippen LogP) is 1.24. The van der Waals surface area contributed by atoms with Gasteiger partial charge in [0.05, 0.1) is 0 Å². The normalized spacial score (nSPS) is 20.1. The van der Waals surface area contributed by atoms with Gasteiger partial charge in [-0.3, -0.25) is 0 Å². The molecule has 0 spiro atoms. The molecule has 0 aromatic carbocycles. The van der Waals surface area contributed by atoms with Crippen LogP contribution in [-0.2, 0) is 0 Å². The lowest BCUT2D eigenvalue weighted by Gasteiger charge is -2.18. The van der Waals surface area contributed by atoms with E-state index in [2.05, 4.69) is 15.3 Å². The Hall–Kier alpha value is -1.52. The summed E-state index contributed by atoms with van der Waals surface area (Å²) >= 11 is 0. The standard InChI is InChI=1S/C11H17N5/c12-8-5-9(16-11(13)14-8)15-10(6-1-2-6)7-3-4-7/h5-7,10H,1-4H2,(H5,12,13,14,15,16). The molecular formula is C11H17N5. The van der Waals surface area contributed by atoms with Crippen molar-refractivity contribution in [2.75, 3.05) is 16.8 Å². The van der Waals surface area contributed by atoms with E-state index < -0.39 is 0 Å². The van der Waals surface area contributed by atoms with Crippen LogP contribution < -0.4 is 16.8 Å². The van der Waals surface area contributed by atoms with Crippen LogP contribution in [0.2, 0.25) is 0 Å². The van der Waals surface area contributed by atoms with Gasteiger partial charge >= 0.3 is 0 Å². The van der Waals surface area contributed by atoms with Gasteiger partial charge in [0.25, 0.3) is 0 Å². The third-order valence-electron chi connectivity index (χ3n) is 3.34. The van der Waals surface area contributed by atoms with Crippen molar-refractivity contribution in [1.82, 2.24) is 9.97 Å². The summed E-state index contributed by atoms with van der Waals surface area (Å²) in [6, 6.07) is 2.32. The third-order valence-corrected chi connectivity index (χ3v) is 3.34. The van der Waals surface area contributed by atoms with E-state index in [1.54, 1.807) is 6.07 Å². The van der Waals surface area contributed by atoms with Crippen LogP contribution in [0.4, 0.5) is 17.6 Å². The van der Waals surface area contributed by atoms with E-state index in [9.17, 15) is 0 Å². The second-order valence-electron chi connectivity index (χ2n) is 4.88. The Bertz CT molecular complexity index is 365. The summed E-state index contributed by atoms with van der Waals surface area (Å²) in [4.78, 5) is 8.04. The van der Waals surface area contributed by atoms with Crippen LogP contribution in [0.15, 0.2) is 6.07 Å². The summed E-state index contributed by atoms with van der Waals surface area (Å²) in [6.45, 7) is 0. The minimum atomic E-state index is 0.243. The van der Waals surface area contributed by atoms with Crippen molar-refractivity contribution in [3.05, 3.63) is 6.07 Å². The Morgan fingerprint density at radius 2 is 1.75 bits per heavy atom. The first-order chi connectivity index (χ1) is 7.72. The van der Waals surface area contributed by atoms with E-state index in [4.69, 9.17) is 11.5 Å². The zero-order valence-electron chi connectivity index (χ0n) is 9.19. The van der Waals surface area contributed by atoms with Crippen LogP contribution in [0.1, 0.15) is 25.7 Å². The number of aromatic nitrogens is 2. The third kappa shape index (κ3) is 2.03. The van der Waals surface area contributed by atoms with Crippen LogP contribution in [0.25, 0.3) is 0 Å². The van der Waals surface area contributed by atoms with E-state index in [0.29, 0.717) is 11.9 Å². The number of hydrogen-bond donors (Lipinski definition) is 3. The van der Waals surface area contributed by atoms with E-state index >= 15 is 0 Å². The molecule has 1 aromatic heterocycles. The van der Waals surface area contributed by atoms with Crippen LogP contribution in [0, 0.1) is 11.8 Å². The van der Waals surface area contributed by atoms with Gasteiger partial charge in [-0.05, 0) is 37.5 Å². The topological polar surface area (TPSA) is 89.8 Å². The van der Waals surface area contributed by atoms with E-state index in [1.165, 1.54) is 25.7 Å². The molecule has 1 heterocycles. The molecule has 0 aliphatic heterocycles. The predicted molar refractivity (Wildman–Crippen MR) is 63.7 cm³/mol. The summed E-state index contributed by atoms with van der Waals surface area (Å²) in [6.07, 6.45) is 5.35. The first-order valence-corrected chi connectivity index (χ1v) is 5.89. The number of nitrogen functional groups attached to an aromatic ring is 2. The summed E-state index contributed by atoms with van der Waals surface area (Å²) in [5.41, 5.74) is 11.2. The van der Waals surface area contributed by atoms with Crippen LogP contribution in [0.3, 0.4) is 0 Å². The lowest BCUT2D eigenvalue weighted by Crippen LogP contribution is -2.25. The van der Waals surface area contributed by atoms with Gasteiger partial charge in [-0.1, -0.05) is 0 Å². The average Bonchev–Trinajstić information content (AvgIpc) is 3.07. The largest absolute Gasteiger partial charge is 0.383 e. The molecule has 2 fully saturated rings. The van der Waals surface area contributed by atoms with Crippen LogP contribution in [-0.4, -0.2) is 16.0 Å². The molecule has 0 atom stereocenters. The molecule has 5 nitrogen and oxygen atoms in total. The molecule has 3 rings (SSSR count). The molecule has 0 unspecified atom stereocenters. The van der Waals surface area contributed by atoms with Gasteiger partial charge in [0.15, 0.2) is 0 Å². The van der Waals surface area contributed by atoms with Crippen LogP contribution >= 0.6 is 0 Å². The fourth-order valence-electron chi connectivity index (χ4n) is 2.26. The molecule has 16 heavy (non-hydrogen) atoms. The maximum atomic E-state index is 5.65. The summed E-state index contributed by atoms with van der Waals surface area (Å²) < 4.78 is 0. The molecule has 2 saturated carbocycles. The van der Waals surface area contributed by atoms with Crippen molar-refractivity contribution in [1.29, 1.82) is 0 Å². The highest BCUT2D eigenvalue weighted by atomic mass is 15.1. The van der Waals surface area contributed by atoms with Crippen molar-refractivity contribution in [3.8, 4) is 0 Å². The van der Waals surface area contributed by atoms with Gasteiger partial charge in [0.2, 0.25) is 5.95 Å². The van der Waals surface area contributed by atoms with E-state index in [1.807, 2.05) is 0 Å². The molecule has 5 heteroatoms. The molecule has 86 valence electrons. The fraction of sp³-hybridized carbons (Fsp3) is 0.636. The lowest BCUT2D eigenvalue weighted by atomic mass is 10.1. The van der Waals surface area contributed by atoms with Gasteiger partial charge in [0, 0.05) is 12.1 Å². The number of hydrogen-bond acceptors (Lipinski definition) is 5. The molecular weight excluding hydrogens is 202 g/mol. The van der Waals surface area contributed by atoms with E-state index in [-0.39, 0.29) is 5.95 Å². The first kappa shape index (κ1) is 9.69. The number of nitrogens with one attached hydrogen (secondary N) is 1. The fourth-order valence-corrected chi connectivity index (χ4v) is 2.26. The smallest absolute Gasteiger partial charge is 0.223 e. The van der Waals surface area contributed by atoms with Gasteiger partial charge < -0.3 is 16.8 Å². The molecule has 0 amide bonds. The maximum Gasteiger partial charge on any atom is 0.223 e. The Morgan fingerprint density at radius 1 is 1.12 bits per heavy atom. The summed E-state index contributed by atoms with van der Waals surface area (Å²) in [7, 11) is 0. The number of anilines is 3. The molecule has 2 aliphatic carbocycles. The number of nitrogens with two attached hydrogens (primary N) is 2. The average molecular weight is 219 g/mol. The second-order valence-corrected chi connectivity index (χ2v) is 4.88. The van der Waals surface area contributed by atoms with E-state index in [0.717, 1.165) is 17.7 Å². The molecule has 1 aromatic rings. The SMILES string of the molecule is Nc1cc(NC(C2CC2)C2CC2)nc(N)n1. The van der Waals surface area contributed by atoms with Crippen LogP contribution in [0.5, 0.6) is 0 Å². The highest BCUT2D eigenvalue weighted by Gasteiger charge is 2.41. The van der Waals surface area contributed by atoms with Gasteiger partial charge in [-0.25, -0.2) is 0 Å². The van der Waals surface area contributed by atoms with Crippen molar-refractivity contribution in [2.24, 2.45) is 11.8 Å². The summed E-state index contributed by atoms with van der Waals surface area (Å²) in [5.74, 6) is 3.09. The van der Waals surface area contributed by atoms with Crippen molar-refractivity contribution in [3.63, 3.8) is 0 Å². The molecule has 5 N–H and O–H groups in total. The molecule has 2 aliphatic rings. The minimum absolute atomic E-state index is 0.243. The van der Waals surface area contributed by atoms with Crippen molar-refractivity contribution < 1.29 is 0 Å². The molecule has 0 saturated heterocycles. The Kier molecular flexibility index (Phi) is 2.12. The monoisotopic (exact) mass is 219 g/mol. The highest BCUT2D eigenvalue weighted by Crippen LogP contribution is 2.45. The van der Waals surface area contributed by atoms with Gasteiger partial charge in [-0.2, -0.15) is 9.97 Å². The van der Waals surface area contributed by atoms with Gasteiger partial charge in [0.1, 0.15) is 11.6 Å². The number of nitrogens with zero attached hydrogens (tertiary/aromatic N) is 2. The number of rotatable bonds is 4. The van der Waals surface area contributed by atoms with Gasteiger partial charge in [-0.15, -0.1) is 0 Å². The second kappa shape index (κ2) is 3.50. The lowest BCUT2D eigenvalue weighted by molar-refractivity contribution is 0.565. The molecule has 0 radical (unpaired) electrons. The quantitative estimate of drug-likeness (QED) is 0.709. The van der Waals surface area contributed by atoms with Crippen molar-refractivity contribution in [2.45, 2.75) is 31.7 Å². The first-order valence-electron chi connectivity index (χ1n) is 5.89. The Morgan fingerprint density at radius 3 is 2.25 bits per heavy atom. The molecule has 0 bridgehead atoms. The highest BCUT2D eigenvalue weighted by molar-refractivity contribution is 5.49. The zero-order valence-corrected chi connectivity index (χ0v) is 9.19. The maximum absolute atomic E-state index is 5.65. The Labute approximate surface area is 94.6 Å². The zero-order chi connectivity index (χ0) is 11.1. The minimum Gasteiger partial charge on any atom is -0.383 e.